The van der Waals surface area contributed by atoms with Crippen molar-refractivity contribution >= 4 is 40.6 Å². The predicted octanol–water partition coefficient (Wildman–Crippen LogP) is 1.80. The van der Waals surface area contributed by atoms with Gasteiger partial charge in [0, 0.05) is 38.0 Å². The van der Waals surface area contributed by atoms with Gasteiger partial charge in [-0.15, -0.1) is 11.3 Å². The largest absolute Gasteiger partial charge is 0.428 e. The van der Waals surface area contributed by atoms with Crippen molar-refractivity contribution in [1.82, 2.24) is 9.80 Å². The second-order valence-corrected chi connectivity index (χ2v) is 8.52. The Balaban J connectivity index is 1.85. The number of fused-ring (bicyclic) bond motifs is 2. The molecule has 158 valence electrons. The van der Waals surface area contributed by atoms with E-state index in [2.05, 4.69) is 22.9 Å². The molecule has 1 aromatic carbocycles. The molecule has 1 amide bonds. The van der Waals surface area contributed by atoms with Crippen molar-refractivity contribution < 1.29 is 19.1 Å². The normalized spacial score (nSPS) is 16.3. The van der Waals surface area contributed by atoms with Gasteiger partial charge in [-0.2, -0.15) is 0 Å². The van der Waals surface area contributed by atoms with Crippen molar-refractivity contribution in [2.75, 3.05) is 44.9 Å². The second-order valence-electron chi connectivity index (χ2n) is 7.29. The van der Waals surface area contributed by atoms with Crippen molar-refractivity contribution in [2.24, 2.45) is 4.99 Å². The molecule has 2 aromatic rings. The summed E-state index contributed by atoms with van der Waals surface area (Å²) in [6, 6.07) is 9.56. The van der Waals surface area contributed by atoms with Crippen LogP contribution >= 0.6 is 11.3 Å². The SMILES string of the molecule is CC(=O)OCOC(=O)N1C(N2CCN(C)CC2)=c2cc(C)sc2=Nc2ccccc21. The molecule has 0 radical (unpaired) electrons. The van der Waals surface area contributed by atoms with Crippen LogP contribution in [-0.4, -0.2) is 61.9 Å². The van der Waals surface area contributed by atoms with Gasteiger partial charge in [-0.3, -0.25) is 4.79 Å². The Morgan fingerprint density at radius 2 is 1.87 bits per heavy atom. The molecule has 1 aromatic heterocycles. The molecule has 4 rings (SSSR count). The zero-order chi connectivity index (χ0) is 21.3. The highest BCUT2D eigenvalue weighted by molar-refractivity contribution is 7.09. The van der Waals surface area contributed by atoms with Gasteiger partial charge in [0.15, 0.2) is 0 Å². The fourth-order valence-corrected chi connectivity index (χ4v) is 4.47. The molecular weight excluding hydrogens is 404 g/mol. The van der Waals surface area contributed by atoms with Gasteiger partial charge in [0.2, 0.25) is 6.79 Å². The van der Waals surface area contributed by atoms with Crippen LogP contribution < -0.4 is 14.8 Å². The molecule has 0 saturated carbocycles. The van der Waals surface area contributed by atoms with E-state index in [9.17, 15) is 9.59 Å². The van der Waals surface area contributed by atoms with Gasteiger partial charge in [0.05, 0.1) is 16.6 Å². The summed E-state index contributed by atoms with van der Waals surface area (Å²) in [4.78, 5) is 36.3. The van der Waals surface area contributed by atoms with Crippen LogP contribution in [0.25, 0.3) is 5.82 Å². The molecule has 0 atom stereocenters. The van der Waals surface area contributed by atoms with Crippen LogP contribution in [0.4, 0.5) is 16.2 Å². The Morgan fingerprint density at radius 3 is 2.60 bits per heavy atom. The maximum atomic E-state index is 13.2. The molecule has 0 unspecified atom stereocenters. The van der Waals surface area contributed by atoms with E-state index in [1.54, 1.807) is 16.2 Å². The number of thiophene rings is 1. The topological polar surface area (TPSA) is 74.7 Å². The van der Waals surface area contributed by atoms with Crippen LogP contribution in [0, 0.1) is 6.92 Å². The first-order valence-corrected chi connectivity index (χ1v) is 10.6. The molecule has 2 aliphatic rings. The maximum Gasteiger partial charge on any atom is 0.423 e. The molecule has 9 heteroatoms. The number of hydrogen-bond acceptors (Lipinski definition) is 8. The molecule has 3 heterocycles. The third-order valence-electron chi connectivity index (χ3n) is 5.06. The number of anilines is 1. The number of nitrogens with zero attached hydrogens (tertiary/aromatic N) is 4. The Morgan fingerprint density at radius 1 is 1.13 bits per heavy atom. The number of ether oxygens (including phenoxy) is 2. The average molecular weight is 429 g/mol. The fraction of sp³-hybridized carbons (Fsp3) is 0.381. The number of likely N-dealkylation sites (N-methyl/N-ethyl adjacent to an activating group) is 1. The van der Waals surface area contributed by atoms with E-state index in [-0.39, 0.29) is 0 Å². The molecule has 0 aliphatic carbocycles. The van der Waals surface area contributed by atoms with Gasteiger partial charge in [0.1, 0.15) is 10.5 Å². The van der Waals surface area contributed by atoms with Gasteiger partial charge in [-0.05, 0) is 32.2 Å². The van der Waals surface area contributed by atoms with E-state index in [1.165, 1.54) is 6.92 Å². The summed E-state index contributed by atoms with van der Waals surface area (Å²) in [6.07, 6.45) is -0.607. The maximum absolute atomic E-state index is 13.2. The minimum atomic E-state index is -0.607. The smallest absolute Gasteiger partial charge is 0.423 e. The Kier molecular flexibility index (Phi) is 5.74. The van der Waals surface area contributed by atoms with Crippen molar-refractivity contribution in [3.8, 4) is 0 Å². The number of hydrogen-bond donors (Lipinski definition) is 0. The van der Waals surface area contributed by atoms with Crippen LogP contribution in [0.5, 0.6) is 0 Å². The van der Waals surface area contributed by atoms with E-state index in [0.717, 1.165) is 46.8 Å². The van der Waals surface area contributed by atoms with E-state index in [1.807, 2.05) is 31.2 Å². The minimum absolute atomic E-state index is 0.435. The van der Waals surface area contributed by atoms with Crippen LogP contribution in [0.3, 0.4) is 0 Å². The molecule has 0 bridgehead atoms. The highest BCUT2D eigenvalue weighted by Crippen LogP contribution is 2.34. The van der Waals surface area contributed by atoms with Gasteiger partial charge in [-0.1, -0.05) is 12.1 Å². The van der Waals surface area contributed by atoms with Crippen molar-refractivity contribution in [3.63, 3.8) is 0 Å². The lowest BCUT2D eigenvalue weighted by atomic mass is 10.2. The van der Waals surface area contributed by atoms with Gasteiger partial charge in [-0.25, -0.2) is 14.7 Å². The molecule has 0 N–H and O–H groups in total. The lowest BCUT2D eigenvalue weighted by Gasteiger charge is -2.38. The van der Waals surface area contributed by atoms with E-state index in [0.29, 0.717) is 11.4 Å². The van der Waals surface area contributed by atoms with Crippen molar-refractivity contribution in [1.29, 1.82) is 0 Å². The first-order chi connectivity index (χ1) is 14.4. The number of para-hydroxylation sites is 2. The van der Waals surface area contributed by atoms with Crippen molar-refractivity contribution in [3.05, 3.63) is 45.1 Å². The van der Waals surface area contributed by atoms with E-state index < -0.39 is 18.9 Å². The summed E-state index contributed by atoms with van der Waals surface area (Å²) in [7, 11) is 2.09. The van der Waals surface area contributed by atoms with Crippen LogP contribution in [0.2, 0.25) is 0 Å². The number of aryl methyl sites for hydroxylation is 1. The molecule has 1 fully saturated rings. The number of benzene rings is 1. The lowest BCUT2D eigenvalue weighted by molar-refractivity contribution is -0.148. The first kappa shape index (κ1) is 20.4. The zero-order valence-electron chi connectivity index (χ0n) is 17.3. The van der Waals surface area contributed by atoms with Gasteiger partial charge in [0.25, 0.3) is 0 Å². The summed E-state index contributed by atoms with van der Waals surface area (Å²) in [5.74, 6) is 0.247. The van der Waals surface area contributed by atoms with E-state index in [4.69, 9.17) is 14.5 Å². The third-order valence-corrected chi connectivity index (χ3v) is 6.01. The number of carbonyl (C=O) groups is 2. The lowest BCUT2D eigenvalue weighted by Crippen LogP contribution is -2.51. The predicted molar refractivity (Wildman–Crippen MR) is 114 cm³/mol. The summed E-state index contributed by atoms with van der Waals surface area (Å²) < 4.78 is 11.0. The molecule has 0 spiro atoms. The monoisotopic (exact) mass is 428 g/mol. The quantitative estimate of drug-likeness (QED) is 0.548. The number of carbonyl (C=O) groups excluding carboxylic acids is 2. The number of piperazine rings is 1. The first-order valence-electron chi connectivity index (χ1n) is 9.76. The Labute approximate surface area is 178 Å². The molecule has 30 heavy (non-hydrogen) atoms. The number of esters is 1. The van der Waals surface area contributed by atoms with Crippen molar-refractivity contribution in [2.45, 2.75) is 13.8 Å². The average Bonchev–Trinajstić information content (AvgIpc) is 3.00. The summed E-state index contributed by atoms with van der Waals surface area (Å²) in [6.45, 7) is 6.19. The Bertz CT molecular complexity index is 1090. The zero-order valence-corrected chi connectivity index (χ0v) is 18.1. The summed E-state index contributed by atoms with van der Waals surface area (Å²) >= 11 is 1.60. The highest BCUT2D eigenvalue weighted by Gasteiger charge is 2.32. The minimum Gasteiger partial charge on any atom is -0.428 e. The Hall–Kier alpha value is -2.91. The molecule has 2 aliphatic heterocycles. The third kappa shape index (κ3) is 4.03. The molecule has 8 nitrogen and oxygen atoms in total. The van der Waals surface area contributed by atoms with Crippen LogP contribution in [0.1, 0.15) is 11.8 Å². The van der Waals surface area contributed by atoms with Gasteiger partial charge < -0.3 is 19.3 Å². The van der Waals surface area contributed by atoms with Crippen LogP contribution in [-0.2, 0) is 14.3 Å². The van der Waals surface area contributed by atoms with Gasteiger partial charge >= 0.3 is 12.1 Å². The summed E-state index contributed by atoms with van der Waals surface area (Å²) in [5.41, 5.74) is 1.33. The number of amides is 1. The standard InChI is InChI=1S/C21H24N4O4S/c1-14-12-16-19(30-14)22-17-6-4-5-7-18(17)25(21(27)29-13-28-15(2)26)20(16)24-10-8-23(3)9-11-24/h4-7,12H,8-11,13H2,1-3H3. The number of rotatable bonds is 3. The molecule has 1 saturated heterocycles. The fourth-order valence-electron chi connectivity index (χ4n) is 3.58. The summed E-state index contributed by atoms with van der Waals surface area (Å²) in [5, 5.41) is 0.905. The highest BCUT2D eigenvalue weighted by atomic mass is 32.1. The van der Waals surface area contributed by atoms with E-state index >= 15 is 0 Å². The van der Waals surface area contributed by atoms with Crippen LogP contribution in [0.15, 0.2) is 35.3 Å². The molecular formula is C21H24N4O4S. The second kappa shape index (κ2) is 8.45.